The van der Waals surface area contributed by atoms with Crippen LogP contribution < -0.4 is 5.32 Å². The summed E-state index contributed by atoms with van der Waals surface area (Å²) in [6, 6.07) is 1.98. The highest BCUT2D eigenvalue weighted by Gasteiger charge is 2.24. The molecule has 0 saturated carbocycles. The molecule has 0 spiro atoms. The van der Waals surface area contributed by atoms with Gasteiger partial charge in [-0.05, 0) is 30.7 Å². The van der Waals surface area contributed by atoms with Crippen molar-refractivity contribution >= 4 is 17.2 Å². The van der Waals surface area contributed by atoms with Crippen LogP contribution in [-0.4, -0.2) is 25.9 Å². The molecule has 3 aromatic heterocycles. The Bertz CT molecular complexity index is 868. The number of rotatable bonds is 5. The van der Waals surface area contributed by atoms with E-state index in [2.05, 4.69) is 20.6 Å². The van der Waals surface area contributed by atoms with Crippen molar-refractivity contribution in [3.05, 3.63) is 40.2 Å². The molecule has 3 aromatic rings. The number of amides is 1. The van der Waals surface area contributed by atoms with E-state index in [-0.39, 0.29) is 11.9 Å². The van der Waals surface area contributed by atoms with Gasteiger partial charge in [0.15, 0.2) is 0 Å². The predicted molar refractivity (Wildman–Crippen MR) is 93.0 cm³/mol. The monoisotopic (exact) mass is 357 g/mol. The van der Waals surface area contributed by atoms with Crippen LogP contribution in [0.2, 0.25) is 0 Å². The first-order chi connectivity index (χ1) is 12.2. The van der Waals surface area contributed by atoms with E-state index in [1.165, 1.54) is 5.69 Å². The fourth-order valence-electron chi connectivity index (χ4n) is 3.20. The Kier molecular flexibility index (Phi) is 4.35. The van der Waals surface area contributed by atoms with Gasteiger partial charge in [-0.3, -0.25) is 9.48 Å². The lowest BCUT2D eigenvalue weighted by atomic mass is 9.93. The van der Waals surface area contributed by atoms with Crippen LogP contribution in [0, 0.1) is 0 Å². The van der Waals surface area contributed by atoms with E-state index in [4.69, 9.17) is 4.42 Å². The third kappa shape index (κ3) is 3.34. The maximum absolute atomic E-state index is 12.3. The summed E-state index contributed by atoms with van der Waals surface area (Å²) in [6.45, 7) is 0. The highest BCUT2D eigenvalue weighted by Crippen LogP contribution is 2.29. The van der Waals surface area contributed by atoms with Crippen LogP contribution >= 0.6 is 11.3 Å². The smallest absolute Gasteiger partial charge is 0.248 e. The van der Waals surface area contributed by atoms with Gasteiger partial charge < -0.3 is 9.73 Å². The molecule has 0 radical (unpaired) electrons. The maximum atomic E-state index is 12.3. The average molecular weight is 357 g/mol. The number of hydrogen-bond acceptors (Lipinski definition) is 6. The van der Waals surface area contributed by atoms with Crippen molar-refractivity contribution in [2.24, 2.45) is 7.05 Å². The Morgan fingerprint density at radius 1 is 1.48 bits per heavy atom. The van der Waals surface area contributed by atoms with Gasteiger partial charge in [0.25, 0.3) is 0 Å². The molecule has 0 unspecified atom stereocenters. The zero-order valence-corrected chi connectivity index (χ0v) is 14.8. The molecular formula is C17H19N5O2S. The summed E-state index contributed by atoms with van der Waals surface area (Å²) in [6.07, 6.45) is 5.67. The summed E-state index contributed by atoms with van der Waals surface area (Å²) in [5.74, 6) is 0.989. The molecule has 0 aliphatic heterocycles. The summed E-state index contributed by atoms with van der Waals surface area (Å²) in [4.78, 5) is 12.3. The van der Waals surface area contributed by atoms with Gasteiger partial charge in [-0.2, -0.15) is 16.4 Å². The van der Waals surface area contributed by atoms with Crippen LogP contribution in [0.5, 0.6) is 0 Å². The Morgan fingerprint density at radius 3 is 3.24 bits per heavy atom. The van der Waals surface area contributed by atoms with Crippen LogP contribution in [0.4, 0.5) is 0 Å². The van der Waals surface area contributed by atoms with Crippen LogP contribution in [0.3, 0.4) is 0 Å². The maximum Gasteiger partial charge on any atom is 0.248 e. The largest absolute Gasteiger partial charge is 0.421 e. The minimum Gasteiger partial charge on any atom is -0.421 e. The van der Waals surface area contributed by atoms with Gasteiger partial charge in [0.05, 0.1) is 12.2 Å². The van der Waals surface area contributed by atoms with Gasteiger partial charge in [0.1, 0.15) is 0 Å². The van der Waals surface area contributed by atoms with E-state index in [0.717, 1.165) is 30.4 Å². The highest BCUT2D eigenvalue weighted by molar-refractivity contribution is 7.08. The summed E-state index contributed by atoms with van der Waals surface area (Å²) in [5, 5.41) is 19.4. The fourth-order valence-corrected chi connectivity index (χ4v) is 3.83. The van der Waals surface area contributed by atoms with Crippen molar-refractivity contribution in [3.8, 4) is 11.5 Å². The minimum atomic E-state index is -0.00279. The third-order valence-electron chi connectivity index (χ3n) is 4.51. The second kappa shape index (κ2) is 6.79. The predicted octanol–water partition coefficient (Wildman–Crippen LogP) is 2.66. The zero-order chi connectivity index (χ0) is 17.2. The Morgan fingerprint density at radius 2 is 2.40 bits per heavy atom. The van der Waals surface area contributed by atoms with Crippen LogP contribution in [-0.2, 0) is 24.7 Å². The first-order valence-corrected chi connectivity index (χ1v) is 9.30. The molecule has 1 aliphatic carbocycles. The van der Waals surface area contributed by atoms with Crippen molar-refractivity contribution < 1.29 is 9.21 Å². The molecule has 4 rings (SSSR count). The molecule has 0 fully saturated rings. The standard InChI is InChI=1S/C17H19N5O2S/c1-22-14-4-2-3-13(12(14)9-18-22)19-15(23)5-6-16-20-21-17(24-16)11-7-8-25-10-11/h7-10,13H,2-6H2,1H3,(H,19,23)/t13-/m0/s1. The average Bonchev–Trinajstić information content (AvgIpc) is 3.34. The normalized spacial score (nSPS) is 16.6. The lowest BCUT2D eigenvalue weighted by Crippen LogP contribution is -2.31. The number of carbonyl (C=O) groups is 1. The second-order valence-electron chi connectivity index (χ2n) is 6.20. The Balaban J connectivity index is 1.34. The summed E-state index contributed by atoms with van der Waals surface area (Å²) in [5.41, 5.74) is 3.27. The van der Waals surface area contributed by atoms with Crippen molar-refractivity contribution in [1.82, 2.24) is 25.3 Å². The van der Waals surface area contributed by atoms with Crippen LogP contribution in [0.15, 0.2) is 27.4 Å². The molecule has 1 atom stereocenters. The molecule has 130 valence electrons. The Hall–Kier alpha value is -2.48. The number of fused-ring (bicyclic) bond motifs is 1. The van der Waals surface area contributed by atoms with E-state index < -0.39 is 0 Å². The van der Waals surface area contributed by atoms with Crippen molar-refractivity contribution in [2.45, 2.75) is 38.1 Å². The summed E-state index contributed by atoms with van der Waals surface area (Å²) >= 11 is 1.58. The second-order valence-corrected chi connectivity index (χ2v) is 6.98. The quantitative estimate of drug-likeness (QED) is 0.759. The number of aryl methyl sites for hydroxylation is 2. The number of carbonyl (C=O) groups excluding carboxylic acids is 1. The molecule has 0 bridgehead atoms. The summed E-state index contributed by atoms with van der Waals surface area (Å²) in [7, 11) is 1.95. The van der Waals surface area contributed by atoms with E-state index in [1.807, 2.05) is 34.8 Å². The molecule has 1 amide bonds. The minimum absolute atomic E-state index is 0.00279. The molecule has 7 nitrogen and oxygen atoms in total. The van der Waals surface area contributed by atoms with E-state index in [1.54, 1.807) is 11.3 Å². The molecule has 1 N–H and O–H groups in total. The number of aromatic nitrogens is 4. The lowest BCUT2D eigenvalue weighted by Gasteiger charge is -2.23. The van der Waals surface area contributed by atoms with Crippen LogP contribution in [0.25, 0.3) is 11.5 Å². The van der Waals surface area contributed by atoms with E-state index in [9.17, 15) is 4.79 Å². The SMILES string of the molecule is Cn1ncc2c1CCC[C@@H]2NC(=O)CCc1nnc(-c2ccsc2)o1. The fraction of sp³-hybridized carbons (Fsp3) is 0.412. The van der Waals surface area contributed by atoms with Crippen molar-refractivity contribution in [3.63, 3.8) is 0 Å². The first-order valence-electron chi connectivity index (χ1n) is 8.36. The van der Waals surface area contributed by atoms with Gasteiger partial charge >= 0.3 is 0 Å². The van der Waals surface area contributed by atoms with Gasteiger partial charge in [-0.15, -0.1) is 10.2 Å². The number of nitrogens with one attached hydrogen (secondary N) is 1. The molecule has 8 heteroatoms. The summed E-state index contributed by atoms with van der Waals surface area (Å²) < 4.78 is 7.52. The number of thiophene rings is 1. The highest BCUT2D eigenvalue weighted by atomic mass is 32.1. The van der Waals surface area contributed by atoms with E-state index in [0.29, 0.717) is 24.6 Å². The van der Waals surface area contributed by atoms with Crippen molar-refractivity contribution in [1.29, 1.82) is 0 Å². The van der Waals surface area contributed by atoms with E-state index >= 15 is 0 Å². The Labute approximate surface area is 149 Å². The van der Waals surface area contributed by atoms with Gasteiger partial charge in [0, 0.05) is 42.1 Å². The van der Waals surface area contributed by atoms with Gasteiger partial charge in [-0.1, -0.05) is 0 Å². The zero-order valence-electron chi connectivity index (χ0n) is 13.9. The first kappa shape index (κ1) is 16.0. The number of hydrogen-bond donors (Lipinski definition) is 1. The van der Waals surface area contributed by atoms with Crippen LogP contribution in [0.1, 0.15) is 42.5 Å². The number of nitrogens with zero attached hydrogens (tertiary/aromatic N) is 4. The molecule has 0 saturated heterocycles. The topological polar surface area (TPSA) is 85.8 Å². The molecular weight excluding hydrogens is 338 g/mol. The van der Waals surface area contributed by atoms with Crippen molar-refractivity contribution in [2.75, 3.05) is 0 Å². The third-order valence-corrected chi connectivity index (χ3v) is 5.20. The van der Waals surface area contributed by atoms with Gasteiger partial charge in [-0.25, -0.2) is 0 Å². The molecule has 25 heavy (non-hydrogen) atoms. The molecule has 0 aromatic carbocycles. The molecule has 1 aliphatic rings. The van der Waals surface area contributed by atoms with Gasteiger partial charge in [0.2, 0.25) is 17.7 Å². The molecule has 3 heterocycles. The lowest BCUT2D eigenvalue weighted by molar-refractivity contribution is -0.122.